The number of rotatable bonds is 7. The van der Waals surface area contributed by atoms with Gasteiger partial charge in [0, 0.05) is 24.5 Å². The second-order valence-electron chi connectivity index (χ2n) is 6.56. The highest BCUT2D eigenvalue weighted by atomic mass is 16.1. The van der Waals surface area contributed by atoms with Crippen molar-refractivity contribution in [2.45, 2.75) is 65.5 Å². The van der Waals surface area contributed by atoms with Crippen molar-refractivity contribution in [1.29, 1.82) is 0 Å². The van der Waals surface area contributed by atoms with Crippen molar-refractivity contribution in [3.63, 3.8) is 0 Å². The summed E-state index contributed by atoms with van der Waals surface area (Å²) in [7, 11) is 0. The lowest BCUT2D eigenvalue weighted by atomic mass is 10.0. The average Bonchev–Trinajstić information content (AvgIpc) is 2.42. The zero-order chi connectivity index (χ0) is 15.9. The first-order valence-corrected chi connectivity index (χ1v) is 7.99. The summed E-state index contributed by atoms with van der Waals surface area (Å²) < 4.78 is 0. The summed E-state index contributed by atoms with van der Waals surface area (Å²) >= 11 is 0. The molecule has 0 saturated heterocycles. The number of hydrogen-bond donors (Lipinski definition) is 2. The van der Waals surface area contributed by atoms with Gasteiger partial charge in [0.05, 0.1) is 0 Å². The fourth-order valence-corrected chi connectivity index (χ4v) is 2.32. The summed E-state index contributed by atoms with van der Waals surface area (Å²) in [6.45, 7) is 11.0. The van der Waals surface area contributed by atoms with E-state index in [9.17, 15) is 4.79 Å². The van der Waals surface area contributed by atoms with Gasteiger partial charge in [0.2, 0.25) is 5.91 Å². The number of benzene rings is 1. The van der Waals surface area contributed by atoms with Gasteiger partial charge in [0.1, 0.15) is 0 Å². The van der Waals surface area contributed by atoms with Crippen LogP contribution in [0.3, 0.4) is 0 Å². The fraction of sp³-hybridized carbons (Fsp3) is 0.611. The van der Waals surface area contributed by atoms with Gasteiger partial charge in [-0.2, -0.15) is 0 Å². The van der Waals surface area contributed by atoms with Crippen molar-refractivity contribution in [3.8, 4) is 0 Å². The molecule has 0 radical (unpaired) electrons. The lowest BCUT2D eigenvalue weighted by molar-refractivity contribution is -0.122. The molecule has 3 nitrogen and oxygen atoms in total. The Labute approximate surface area is 129 Å². The second-order valence-corrected chi connectivity index (χ2v) is 6.56. The van der Waals surface area contributed by atoms with Gasteiger partial charge in [-0.25, -0.2) is 0 Å². The first-order chi connectivity index (χ1) is 9.85. The summed E-state index contributed by atoms with van der Waals surface area (Å²) in [6.07, 6.45) is 2.60. The van der Waals surface area contributed by atoms with Crippen molar-refractivity contribution in [3.05, 3.63) is 35.4 Å². The molecule has 1 unspecified atom stereocenters. The Morgan fingerprint density at radius 3 is 2.24 bits per heavy atom. The van der Waals surface area contributed by atoms with E-state index in [0.717, 1.165) is 12.8 Å². The van der Waals surface area contributed by atoms with E-state index in [1.54, 1.807) is 0 Å². The van der Waals surface area contributed by atoms with Crippen LogP contribution in [-0.2, 0) is 11.2 Å². The molecule has 1 aromatic carbocycles. The fourth-order valence-electron chi connectivity index (χ4n) is 2.32. The van der Waals surface area contributed by atoms with Crippen LogP contribution in [0.2, 0.25) is 0 Å². The first-order valence-electron chi connectivity index (χ1n) is 7.99. The zero-order valence-electron chi connectivity index (χ0n) is 14.1. The minimum absolute atomic E-state index is 0.103. The van der Waals surface area contributed by atoms with E-state index in [1.807, 2.05) is 20.8 Å². The van der Waals surface area contributed by atoms with E-state index in [-0.39, 0.29) is 11.4 Å². The lowest BCUT2D eigenvalue weighted by Gasteiger charge is -2.21. The standard InChI is InChI=1S/C18H30N2O/c1-6-14-8-10-15(11-9-14)16(7-2)19-13-12-17(21)20-18(3,4)5/h8-11,16,19H,6-7,12-13H2,1-5H3,(H,20,21). The molecule has 3 heteroatoms. The van der Waals surface area contributed by atoms with Gasteiger partial charge in [-0.05, 0) is 44.7 Å². The van der Waals surface area contributed by atoms with Crippen LogP contribution >= 0.6 is 0 Å². The number of hydrogen-bond acceptors (Lipinski definition) is 2. The van der Waals surface area contributed by atoms with Crippen molar-refractivity contribution in [2.24, 2.45) is 0 Å². The van der Waals surface area contributed by atoms with Crippen LogP contribution in [0.5, 0.6) is 0 Å². The summed E-state index contributed by atoms with van der Waals surface area (Å²) in [4.78, 5) is 11.8. The Bertz CT molecular complexity index is 432. The topological polar surface area (TPSA) is 41.1 Å². The molecule has 0 aliphatic rings. The van der Waals surface area contributed by atoms with Crippen LogP contribution in [0.25, 0.3) is 0 Å². The van der Waals surface area contributed by atoms with E-state index in [4.69, 9.17) is 0 Å². The first kappa shape index (κ1) is 17.7. The Hall–Kier alpha value is -1.35. The van der Waals surface area contributed by atoms with Gasteiger partial charge in [-0.15, -0.1) is 0 Å². The maximum absolute atomic E-state index is 11.8. The van der Waals surface area contributed by atoms with E-state index < -0.39 is 0 Å². The zero-order valence-corrected chi connectivity index (χ0v) is 14.1. The van der Waals surface area contributed by atoms with Crippen LogP contribution in [0, 0.1) is 0 Å². The van der Waals surface area contributed by atoms with Gasteiger partial charge in [0.15, 0.2) is 0 Å². The highest BCUT2D eigenvalue weighted by molar-refractivity contribution is 5.76. The summed E-state index contributed by atoms with van der Waals surface area (Å²) in [5.74, 6) is 0.103. The monoisotopic (exact) mass is 290 g/mol. The molecule has 1 atom stereocenters. The van der Waals surface area contributed by atoms with E-state index in [0.29, 0.717) is 19.0 Å². The number of amides is 1. The summed E-state index contributed by atoms with van der Waals surface area (Å²) in [5.41, 5.74) is 2.50. The minimum atomic E-state index is -0.156. The molecule has 0 spiro atoms. The molecular formula is C18H30N2O. The number of carbonyl (C=O) groups is 1. The van der Waals surface area contributed by atoms with E-state index in [2.05, 4.69) is 48.7 Å². The second kappa shape index (κ2) is 8.18. The minimum Gasteiger partial charge on any atom is -0.351 e. The molecule has 0 aliphatic carbocycles. The lowest BCUT2D eigenvalue weighted by Crippen LogP contribution is -2.41. The van der Waals surface area contributed by atoms with Crippen LogP contribution in [0.15, 0.2) is 24.3 Å². The van der Waals surface area contributed by atoms with Crippen molar-refractivity contribution >= 4 is 5.91 Å². The largest absolute Gasteiger partial charge is 0.351 e. The van der Waals surface area contributed by atoms with Crippen molar-refractivity contribution in [1.82, 2.24) is 10.6 Å². The molecule has 1 amide bonds. The van der Waals surface area contributed by atoms with Gasteiger partial charge in [0.25, 0.3) is 0 Å². The predicted octanol–water partition coefficient (Wildman–Crippen LogP) is 3.59. The molecule has 1 rings (SSSR count). The third kappa shape index (κ3) is 6.76. The van der Waals surface area contributed by atoms with Crippen LogP contribution < -0.4 is 10.6 Å². The number of carbonyl (C=O) groups excluding carboxylic acids is 1. The average molecular weight is 290 g/mol. The molecule has 1 aromatic rings. The number of aryl methyl sites for hydroxylation is 1. The Kier molecular flexibility index (Phi) is 6.90. The van der Waals surface area contributed by atoms with Gasteiger partial charge in [-0.3, -0.25) is 4.79 Å². The van der Waals surface area contributed by atoms with Crippen LogP contribution in [0.4, 0.5) is 0 Å². The molecule has 0 saturated carbocycles. The molecule has 0 bridgehead atoms. The predicted molar refractivity (Wildman–Crippen MR) is 89.4 cm³/mol. The highest BCUT2D eigenvalue weighted by Gasteiger charge is 2.14. The molecule has 21 heavy (non-hydrogen) atoms. The maximum atomic E-state index is 11.8. The van der Waals surface area contributed by atoms with Gasteiger partial charge < -0.3 is 10.6 Å². The molecule has 2 N–H and O–H groups in total. The summed E-state index contributed by atoms with van der Waals surface area (Å²) in [5, 5.41) is 6.47. The van der Waals surface area contributed by atoms with Gasteiger partial charge >= 0.3 is 0 Å². The SMILES string of the molecule is CCc1ccc(C(CC)NCCC(=O)NC(C)(C)C)cc1. The van der Waals surface area contributed by atoms with E-state index in [1.165, 1.54) is 11.1 Å². The van der Waals surface area contributed by atoms with Crippen LogP contribution in [-0.4, -0.2) is 18.0 Å². The summed E-state index contributed by atoms with van der Waals surface area (Å²) in [6, 6.07) is 9.07. The van der Waals surface area contributed by atoms with Crippen molar-refractivity contribution in [2.75, 3.05) is 6.54 Å². The highest BCUT2D eigenvalue weighted by Crippen LogP contribution is 2.17. The molecule has 0 aliphatic heterocycles. The Morgan fingerprint density at radius 1 is 1.14 bits per heavy atom. The third-order valence-electron chi connectivity index (χ3n) is 3.46. The van der Waals surface area contributed by atoms with Crippen LogP contribution in [0.1, 0.15) is 64.6 Å². The van der Waals surface area contributed by atoms with E-state index >= 15 is 0 Å². The number of nitrogens with one attached hydrogen (secondary N) is 2. The molecule has 0 fully saturated rings. The molecular weight excluding hydrogens is 260 g/mol. The molecule has 118 valence electrons. The van der Waals surface area contributed by atoms with Gasteiger partial charge in [-0.1, -0.05) is 38.1 Å². The molecule has 0 aromatic heterocycles. The Morgan fingerprint density at radius 2 is 1.76 bits per heavy atom. The smallest absolute Gasteiger partial charge is 0.221 e. The van der Waals surface area contributed by atoms with Crippen molar-refractivity contribution < 1.29 is 4.79 Å². The third-order valence-corrected chi connectivity index (χ3v) is 3.46. The Balaban J connectivity index is 2.45. The molecule has 0 heterocycles. The maximum Gasteiger partial charge on any atom is 0.221 e. The normalized spacial score (nSPS) is 13.0. The quantitative estimate of drug-likeness (QED) is 0.805.